The van der Waals surface area contributed by atoms with Crippen LogP contribution in [0.3, 0.4) is 0 Å². The molecule has 1 aliphatic rings. The van der Waals surface area contributed by atoms with Crippen LogP contribution in [-0.2, 0) is 11.8 Å². The smallest absolute Gasteiger partial charge is 0.411 e. The third kappa shape index (κ3) is 6.52. The average Bonchev–Trinajstić information content (AvgIpc) is 3.34. The van der Waals surface area contributed by atoms with E-state index in [0.717, 1.165) is 11.6 Å². The fourth-order valence-electron chi connectivity index (χ4n) is 4.77. The van der Waals surface area contributed by atoms with Gasteiger partial charge in [0.2, 0.25) is 5.91 Å². The number of carbonyl (C=O) groups excluding carboxylic acids is 1. The van der Waals surface area contributed by atoms with Gasteiger partial charge in [0.05, 0.1) is 11.2 Å². The molecule has 1 saturated heterocycles. The number of hydrogen-bond donors (Lipinski definition) is 2. The Morgan fingerprint density at radius 2 is 1.91 bits per heavy atom. The minimum absolute atomic E-state index is 0.00928. The summed E-state index contributed by atoms with van der Waals surface area (Å²) in [6.45, 7) is 10.3. The number of amidine groups is 2. The van der Waals surface area contributed by atoms with Gasteiger partial charge in [0.15, 0.2) is 11.7 Å². The second kappa shape index (κ2) is 12.2. The molecular formula is C29H32F4N8O2. The number of nitrogens with zero attached hydrogens (tertiary/aromatic N) is 6. The zero-order chi connectivity index (χ0) is 31.5. The van der Waals surface area contributed by atoms with E-state index in [1.54, 1.807) is 48.7 Å². The van der Waals surface area contributed by atoms with Gasteiger partial charge in [-0.1, -0.05) is 18.4 Å². The van der Waals surface area contributed by atoms with E-state index in [1.165, 1.54) is 13.1 Å². The zero-order valence-corrected chi connectivity index (χ0v) is 24.2. The van der Waals surface area contributed by atoms with Crippen molar-refractivity contribution in [1.82, 2.24) is 25.2 Å². The van der Waals surface area contributed by atoms with Crippen LogP contribution in [0.4, 0.5) is 23.2 Å². The van der Waals surface area contributed by atoms with Gasteiger partial charge in [-0.05, 0) is 57.0 Å². The Morgan fingerprint density at radius 3 is 2.53 bits per heavy atom. The summed E-state index contributed by atoms with van der Waals surface area (Å²) < 4.78 is 64.5. The molecular weight excluding hydrogens is 568 g/mol. The van der Waals surface area contributed by atoms with Gasteiger partial charge in [-0.25, -0.2) is 14.1 Å². The van der Waals surface area contributed by atoms with Crippen LogP contribution < -0.4 is 15.4 Å². The Bertz CT molecular complexity index is 1620. The zero-order valence-electron chi connectivity index (χ0n) is 24.2. The quantitative estimate of drug-likeness (QED) is 0.165. The van der Waals surface area contributed by atoms with Crippen molar-refractivity contribution in [3.8, 4) is 11.5 Å². The molecule has 4 rings (SSSR count). The number of fused-ring (bicyclic) bond motifs is 1. The van der Waals surface area contributed by atoms with Crippen LogP contribution in [0.25, 0.3) is 11.0 Å². The predicted octanol–water partition coefficient (Wildman–Crippen LogP) is 5.28. The number of piperidine rings is 1. The maximum absolute atomic E-state index is 15.4. The highest BCUT2D eigenvalue weighted by atomic mass is 19.4. The number of aliphatic imine (C=N–C) groups is 2. The molecule has 10 nitrogen and oxygen atoms in total. The Balaban J connectivity index is 1.44. The molecule has 0 bridgehead atoms. The molecule has 228 valence electrons. The van der Waals surface area contributed by atoms with Crippen LogP contribution in [0, 0.1) is 12.7 Å². The van der Waals surface area contributed by atoms with Crippen LogP contribution in [0.1, 0.15) is 25.3 Å². The fraction of sp³-hybridized carbons (Fsp3) is 0.345. The summed E-state index contributed by atoms with van der Waals surface area (Å²) in [6, 6.07) is 8.36. The maximum atomic E-state index is 15.4. The highest BCUT2D eigenvalue weighted by Gasteiger charge is 2.56. The van der Waals surface area contributed by atoms with Gasteiger partial charge in [0.1, 0.15) is 34.1 Å². The van der Waals surface area contributed by atoms with Crippen LogP contribution >= 0.6 is 0 Å². The largest absolute Gasteiger partial charge is 0.457 e. The summed E-state index contributed by atoms with van der Waals surface area (Å²) in [4.78, 5) is 21.9. The van der Waals surface area contributed by atoms with E-state index in [9.17, 15) is 18.0 Å². The number of amides is 1. The SMILES string of the molecule is C=CC(=O)NC1(C(F)(F)F)CCN(C(C)=NC(=C)C(=NC)Nc2ccc(Oc3ccc4c(c3)nnn4C)c(C)c2F)CC1. The first kappa shape index (κ1) is 31.2. The third-order valence-corrected chi connectivity index (χ3v) is 7.36. The lowest BCUT2D eigenvalue weighted by atomic mass is 9.86. The first-order chi connectivity index (χ1) is 20.3. The van der Waals surface area contributed by atoms with Gasteiger partial charge in [0.25, 0.3) is 0 Å². The molecule has 2 aromatic carbocycles. The highest BCUT2D eigenvalue weighted by Crippen LogP contribution is 2.39. The van der Waals surface area contributed by atoms with E-state index in [2.05, 4.69) is 44.1 Å². The average molecular weight is 601 g/mol. The number of benzene rings is 2. The highest BCUT2D eigenvalue weighted by molar-refractivity contribution is 6.08. The number of aryl methyl sites for hydroxylation is 1. The van der Waals surface area contributed by atoms with E-state index in [4.69, 9.17) is 4.74 Å². The van der Waals surface area contributed by atoms with Crippen molar-refractivity contribution in [2.45, 2.75) is 38.4 Å². The van der Waals surface area contributed by atoms with Gasteiger partial charge < -0.3 is 20.3 Å². The fourth-order valence-corrected chi connectivity index (χ4v) is 4.77. The summed E-state index contributed by atoms with van der Waals surface area (Å²) in [5.41, 5.74) is -0.381. The summed E-state index contributed by atoms with van der Waals surface area (Å²) in [5.74, 6) is -0.117. The molecule has 0 spiro atoms. The molecule has 0 aliphatic carbocycles. The van der Waals surface area contributed by atoms with Crippen molar-refractivity contribution in [3.63, 3.8) is 0 Å². The maximum Gasteiger partial charge on any atom is 0.411 e. The lowest BCUT2D eigenvalue weighted by Gasteiger charge is -2.43. The molecule has 0 radical (unpaired) electrons. The molecule has 1 aromatic heterocycles. The number of alkyl halides is 3. The molecule has 2 heterocycles. The molecule has 2 N–H and O–H groups in total. The standard InChI is InChI=1S/C29H32F4N8O2/c1-7-25(42)37-28(29(31,32)33)12-14-41(15-13-28)19(4)35-18(3)27(34-5)36-21-9-11-24(17(2)26(21)30)43-20-8-10-23-22(16-20)38-39-40(23)6/h7-11,16H,1,3,12-15H2,2,4-6H3,(H,34,36)(H,37,42). The first-order valence-corrected chi connectivity index (χ1v) is 13.3. The molecule has 43 heavy (non-hydrogen) atoms. The van der Waals surface area contributed by atoms with Gasteiger partial charge in [-0.2, -0.15) is 13.2 Å². The van der Waals surface area contributed by atoms with Crippen LogP contribution in [-0.4, -0.2) is 69.3 Å². The number of hydrogen-bond acceptors (Lipinski definition) is 6. The van der Waals surface area contributed by atoms with Crippen molar-refractivity contribution in [2.24, 2.45) is 17.0 Å². The topological polar surface area (TPSA) is 109 Å². The van der Waals surface area contributed by atoms with Gasteiger partial charge >= 0.3 is 6.18 Å². The normalized spacial score (nSPS) is 15.8. The van der Waals surface area contributed by atoms with Crippen molar-refractivity contribution in [3.05, 3.63) is 66.6 Å². The monoisotopic (exact) mass is 600 g/mol. The van der Waals surface area contributed by atoms with Crippen LogP contribution in [0.15, 0.2) is 65.2 Å². The number of aromatic nitrogens is 3. The number of nitrogens with one attached hydrogen (secondary N) is 2. The summed E-state index contributed by atoms with van der Waals surface area (Å²) in [6.07, 6.45) is -4.55. The van der Waals surface area contributed by atoms with E-state index in [1.807, 2.05) is 6.07 Å². The number of halogens is 4. The van der Waals surface area contributed by atoms with E-state index < -0.39 is 23.4 Å². The van der Waals surface area contributed by atoms with Gasteiger partial charge in [0, 0.05) is 38.8 Å². The molecule has 0 atom stereocenters. The second-order valence-electron chi connectivity index (χ2n) is 10.1. The van der Waals surface area contributed by atoms with Gasteiger partial charge in [-0.3, -0.25) is 9.79 Å². The van der Waals surface area contributed by atoms with Crippen molar-refractivity contribution in [1.29, 1.82) is 0 Å². The number of rotatable bonds is 7. The summed E-state index contributed by atoms with van der Waals surface area (Å²) in [7, 11) is 3.25. The number of likely N-dealkylation sites (tertiary alicyclic amines) is 1. The van der Waals surface area contributed by atoms with Crippen LogP contribution in [0.2, 0.25) is 0 Å². The second-order valence-corrected chi connectivity index (χ2v) is 10.1. The third-order valence-electron chi connectivity index (χ3n) is 7.36. The number of anilines is 1. The lowest BCUT2D eigenvalue weighted by molar-refractivity contribution is -0.207. The molecule has 0 unspecified atom stereocenters. The lowest BCUT2D eigenvalue weighted by Crippen LogP contribution is -2.63. The van der Waals surface area contributed by atoms with Crippen molar-refractivity contribution < 1.29 is 27.1 Å². The Morgan fingerprint density at radius 1 is 1.21 bits per heavy atom. The van der Waals surface area contributed by atoms with Crippen LogP contribution in [0.5, 0.6) is 11.5 Å². The van der Waals surface area contributed by atoms with E-state index in [-0.39, 0.29) is 48.7 Å². The van der Waals surface area contributed by atoms with Gasteiger partial charge in [-0.15, -0.1) is 5.10 Å². The predicted molar refractivity (Wildman–Crippen MR) is 157 cm³/mol. The van der Waals surface area contributed by atoms with Crippen molar-refractivity contribution in [2.75, 3.05) is 25.5 Å². The molecule has 1 amide bonds. The minimum atomic E-state index is -4.63. The molecule has 3 aromatic rings. The minimum Gasteiger partial charge on any atom is -0.457 e. The Hall–Kier alpha value is -4.75. The molecule has 1 aliphatic heterocycles. The summed E-state index contributed by atoms with van der Waals surface area (Å²) in [5, 5.41) is 13.0. The Kier molecular flexibility index (Phi) is 8.88. The summed E-state index contributed by atoms with van der Waals surface area (Å²) >= 11 is 0. The first-order valence-electron chi connectivity index (χ1n) is 13.3. The Labute approximate surface area is 245 Å². The van der Waals surface area contributed by atoms with E-state index in [0.29, 0.717) is 22.9 Å². The number of carbonyl (C=O) groups is 1. The number of ether oxygens (including phenoxy) is 1. The molecule has 14 heteroatoms. The van der Waals surface area contributed by atoms with Crippen molar-refractivity contribution >= 4 is 34.3 Å². The molecule has 0 saturated carbocycles. The molecule has 1 fully saturated rings. The van der Waals surface area contributed by atoms with E-state index >= 15 is 4.39 Å².